The van der Waals surface area contributed by atoms with Gasteiger partial charge in [0.25, 0.3) is 11.8 Å². The van der Waals surface area contributed by atoms with Gasteiger partial charge < -0.3 is 23.9 Å². The normalized spacial score (nSPS) is 13.9. The number of hydrogen-bond donors (Lipinski definition) is 2. The molecule has 8 heteroatoms. The lowest BCUT2D eigenvalue weighted by molar-refractivity contribution is -0.122. The first-order valence-electron chi connectivity index (χ1n) is 12.6. The molecule has 2 N–H and O–H groups in total. The zero-order valence-electron chi connectivity index (χ0n) is 21.7. The number of hydrogen-bond acceptors (Lipinski definition) is 5. The molecule has 37 heavy (non-hydrogen) atoms. The van der Waals surface area contributed by atoms with Crippen LogP contribution in [0.4, 0.5) is 0 Å². The molecular weight excluding hydrogens is 468 g/mol. The van der Waals surface area contributed by atoms with Crippen LogP contribution >= 0.6 is 0 Å². The number of aryl methyl sites for hydroxylation is 1. The van der Waals surface area contributed by atoms with Gasteiger partial charge in [-0.2, -0.15) is 0 Å². The number of aromatic nitrogens is 2. The number of imide groups is 1. The van der Waals surface area contributed by atoms with Gasteiger partial charge >= 0.3 is 0 Å². The molecule has 8 nitrogen and oxygen atoms in total. The Bertz CT molecular complexity index is 1520. The highest BCUT2D eigenvalue weighted by atomic mass is 16.5. The first-order valence-corrected chi connectivity index (χ1v) is 12.6. The van der Waals surface area contributed by atoms with Crippen LogP contribution in [0, 0.1) is 0 Å². The van der Waals surface area contributed by atoms with Gasteiger partial charge in [0.2, 0.25) is 0 Å². The van der Waals surface area contributed by atoms with E-state index in [9.17, 15) is 9.59 Å². The molecule has 0 unspecified atom stereocenters. The van der Waals surface area contributed by atoms with Gasteiger partial charge in [-0.15, -0.1) is 0 Å². The highest BCUT2D eigenvalue weighted by Crippen LogP contribution is 2.39. The number of fused-ring (bicyclic) bond motifs is 2. The fourth-order valence-corrected chi connectivity index (χ4v) is 5.19. The van der Waals surface area contributed by atoms with Crippen molar-refractivity contribution in [3.8, 4) is 11.5 Å². The molecule has 5 rings (SSSR count). The van der Waals surface area contributed by atoms with Crippen LogP contribution in [0.5, 0.6) is 11.5 Å². The van der Waals surface area contributed by atoms with Crippen molar-refractivity contribution in [2.24, 2.45) is 0 Å². The zero-order chi connectivity index (χ0) is 26.1. The molecule has 4 aromatic rings. The molecule has 2 amide bonds. The maximum atomic E-state index is 13.3. The van der Waals surface area contributed by atoms with E-state index < -0.39 is 11.8 Å². The summed E-state index contributed by atoms with van der Waals surface area (Å²) in [5, 5.41) is 4.22. The summed E-state index contributed by atoms with van der Waals surface area (Å²) >= 11 is 0. The molecule has 0 radical (unpaired) electrons. The Morgan fingerprint density at radius 2 is 1.51 bits per heavy atom. The highest BCUT2D eigenvalue weighted by Gasteiger charge is 2.35. The van der Waals surface area contributed by atoms with Gasteiger partial charge in [-0.1, -0.05) is 13.8 Å². The van der Waals surface area contributed by atoms with Gasteiger partial charge in [0.15, 0.2) is 0 Å². The Morgan fingerprint density at radius 3 is 2.19 bits per heavy atom. The molecule has 0 atom stereocenters. The number of rotatable bonds is 10. The molecular formula is C29H32N4O4. The zero-order valence-corrected chi connectivity index (χ0v) is 21.7. The summed E-state index contributed by atoms with van der Waals surface area (Å²) in [7, 11) is 3.23. The third-order valence-corrected chi connectivity index (χ3v) is 7.21. The van der Waals surface area contributed by atoms with Gasteiger partial charge in [0, 0.05) is 51.9 Å². The third-order valence-electron chi connectivity index (χ3n) is 7.21. The van der Waals surface area contributed by atoms with Crippen molar-refractivity contribution in [3.05, 3.63) is 59.9 Å². The number of H-pyrrole nitrogens is 1. The predicted molar refractivity (Wildman–Crippen MR) is 146 cm³/mol. The average molecular weight is 501 g/mol. The third kappa shape index (κ3) is 4.38. The Balaban J connectivity index is 1.67. The molecule has 0 saturated heterocycles. The summed E-state index contributed by atoms with van der Waals surface area (Å²) in [5.41, 5.74) is 3.96. The van der Waals surface area contributed by atoms with Crippen LogP contribution in [-0.4, -0.2) is 60.1 Å². The van der Waals surface area contributed by atoms with Crippen LogP contribution in [-0.2, 0) is 16.1 Å². The number of ether oxygens (including phenoxy) is 2. The standard InChI is InChI=1S/C29H32N4O4/c1-5-32(6-2)12-7-13-33-17-23(21-15-19(37-4)9-11-25(21)33)27-26(28(34)31-29(27)35)22-16-30-24-10-8-18(36-3)14-20(22)24/h8-11,14-17,30H,5-7,12-13H2,1-4H3,(H,31,34,35). The average Bonchev–Trinajstić information content (AvgIpc) is 3.58. The van der Waals surface area contributed by atoms with Crippen LogP contribution in [0.3, 0.4) is 0 Å². The summed E-state index contributed by atoms with van der Waals surface area (Å²) < 4.78 is 13.1. The molecule has 0 spiro atoms. The van der Waals surface area contributed by atoms with Crippen LogP contribution in [0.15, 0.2) is 48.8 Å². The summed E-state index contributed by atoms with van der Waals surface area (Å²) in [5.74, 6) is 0.560. The molecule has 2 aromatic heterocycles. The van der Waals surface area contributed by atoms with Crippen molar-refractivity contribution >= 4 is 44.8 Å². The van der Waals surface area contributed by atoms with E-state index in [1.165, 1.54) is 0 Å². The van der Waals surface area contributed by atoms with Crippen LogP contribution in [0.1, 0.15) is 31.4 Å². The van der Waals surface area contributed by atoms with Crippen LogP contribution in [0.2, 0.25) is 0 Å². The molecule has 0 saturated carbocycles. The van der Waals surface area contributed by atoms with Gasteiger partial charge in [-0.25, -0.2) is 0 Å². The van der Waals surface area contributed by atoms with E-state index >= 15 is 0 Å². The van der Waals surface area contributed by atoms with E-state index in [0.717, 1.165) is 54.4 Å². The minimum absolute atomic E-state index is 0.356. The summed E-state index contributed by atoms with van der Waals surface area (Å²) in [6.45, 7) is 8.15. The molecule has 192 valence electrons. The lowest BCUT2D eigenvalue weighted by Crippen LogP contribution is -2.24. The largest absolute Gasteiger partial charge is 0.497 e. The maximum Gasteiger partial charge on any atom is 0.259 e. The van der Waals surface area contributed by atoms with E-state index in [0.29, 0.717) is 33.8 Å². The maximum absolute atomic E-state index is 13.3. The second-order valence-electron chi connectivity index (χ2n) is 9.15. The van der Waals surface area contributed by atoms with E-state index in [2.05, 4.69) is 33.6 Å². The fraction of sp³-hybridized carbons (Fsp3) is 0.310. The molecule has 2 aromatic carbocycles. The number of nitrogens with zero attached hydrogens (tertiary/aromatic N) is 2. The van der Waals surface area contributed by atoms with Crippen molar-refractivity contribution < 1.29 is 19.1 Å². The van der Waals surface area contributed by atoms with Crippen molar-refractivity contribution in [1.82, 2.24) is 19.8 Å². The molecule has 0 fully saturated rings. The van der Waals surface area contributed by atoms with Gasteiger partial charge in [-0.05, 0) is 62.5 Å². The van der Waals surface area contributed by atoms with Crippen molar-refractivity contribution in [2.75, 3.05) is 33.9 Å². The predicted octanol–water partition coefficient (Wildman–Crippen LogP) is 4.44. The number of benzene rings is 2. The number of nitrogens with one attached hydrogen (secondary N) is 2. The number of amides is 2. The molecule has 0 bridgehead atoms. The van der Waals surface area contributed by atoms with E-state index in [4.69, 9.17) is 9.47 Å². The number of aromatic amines is 1. The van der Waals surface area contributed by atoms with Crippen molar-refractivity contribution in [1.29, 1.82) is 0 Å². The smallest absolute Gasteiger partial charge is 0.259 e. The van der Waals surface area contributed by atoms with E-state index in [-0.39, 0.29) is 0 Å². The highest BCUT2D eigenvalue weighted by molar-refractivity contribution is 6.50. The van der Waals surface area contributed by atoms with E-state index in [1.807, 2.05) is 42.6 Å². The van der Waals surface area contributed by atoms with E-state index in [1.54, 1.807) is 20.4 Å². The quantitative estimate of drug-likeness (QED) is 0.314. The monoisotopic (exact) mass is 500 g/mol. The molecule has 1 aliphatic rings. The Kier molecular flexibility index (Phi) is 6.76. The lowest BCUT2D eigenvalue weighted by Gasteiger charge is -2.18. The molecule has 0 aliphatic carbocycles. The summed E-state index contributed by atoms with van der Waals surface area (Å²) in [6, 6.07) is 11.5. The van der Waals surface area contributed by atoms with Crippen molar-refractivity contribution in [3.63, 3.8) is 0 Å². The second kappa shape index (κ2) is 10.1. The second-order valence-corrected chi connectivity index (χ2v) is 9.15. The first-order chi connectivity index (χ1) is 18.0. The lowest BCUT2D eigenvalue weighted by atomic mass is 9.95. The Labute approximate surface area is 215 Å². The number of carbonyl (C=O) groups is 2. The van der Waals surface area contributed by atoms with Gasteiger partial charge in [-0.3, -0.25) is 14.9 Å². The number of methoxy groups -OCH3 is 2. The minimum atomic E-state index is -0.408. The Hall–Kier alpha value is -4.04. The topological polar surface area (TPSA) is 88.6 Å². The minimum Gasteiger partial charge on any atom is -0.497 e. The Morgan fingerprint density at radius 1 is 0.865 bits per heavy atom. The van der Waals surface area contributed by atoms with Crippen molar-refractivity contribution in [2.45, 2.75) is 26.8 Å². The summed E-state index contributed by atoms with van der Waals surface area (Å²) in [6.07, 6.45) is 4.74. The molecule has 1 aliphatic heterocycles. The fourth-order valence-electron chi connectivity index (χ4n) is 5.19. The van der Waals surface area contributed by atoms with Crippen LogP contribution in [0.25, 0.3) is 33.0 Å². The van der Waals surface area contributed by atoms with Gasteiger partial charge in [0.1, 0.15) is 11.5 Å². The first kappa shape index (κ1) is 24.6. The molecule has 3 heterocycles. The summed E-state index contributed by atoms with van der Waals surface area (Å²) in [4.78, 5) is 32.1. The van der Waals surface area contributed by atoms with Gasteiger partial charge in [0.05, 0.1) is 25.4 Å². The van der Waals surface area contributed by atoms with Crippen LogP contribution < -0.4 is 14.8 Å². The SMILES string of the molecule is CCN(CC)CCCn1cc(C2=C(c3c[nH]c4ccc(OC)cc34)C(=O)NC2=O)c2cc(OC)ccc21. The number of carbonyl (C=O) groups excluding carboxylic acids is 2.